The maximum Gasteiger partial charge on any atom is 0.253 e. The van der Waals surface area contributed by atoms with Gasteiger partial charge in [0.2, 0.25) is 0 Å². The lowest BCUT2D eigenvalue weighted by Crippen LogP contribution is -2.31. The van der Waals surface area contributed by atoms with Crippen molar-refractivity contribution in [2.24, 2.45) is 5.84 Å². The number of pyridine rings is 1. The molecule has 6 nitrogen and oxygen atoms in total. The number of carbonyl (C=O) groups excluding carboxylic acids is 1. The molecule has 0 atom stereocenters. The molecule has 5 N–H and O–H groups in total. The highest BCUT2D eigenvalue weighted by atomic mass is 16.1. The highest BCUT2D eigenvalue weighted by Gasteiger charge is 2.19. The van der Waals surface area contributed by atoms with Crippen molar-refractivity contribution in [3.63, 3.8) is 0 Å². The molecule has 3 rings (SSSR count). The third-order valence-electron chi connectivity index (χ3n) is 3.02. The first-order chi connectivity index (χ1) is 8.78. The van der Waals surface area contributed by atoms with Crippen molar-refractivity contribution >= 4 is 11.7 Å². The molecule has 2 aromatic heterocycles. The topological polar surface area (TPSA) is 95.8 Å². The molecule has 1 amide bonds. The fourth-order valence-corrected chi connectivity index (χ4v) is 2.13. The van der Waals surface area contributed by atoms with Crippen LogP contribution >= 0.6 is 0 Å². The van der Waals surface area contributed by atoms with Gasteiger partial charge in [-0.25, -0.2) is 10.8 Å². The Morgan fingerprint density at radius 2 is 2.28 bits per heavy atom. The summed E-state index contributed by atoms with van der Waals surface area (Å²) in [6.45, 7) is 0.678. The van der Waals surface area contributed by atoms with E-state index in [-0.39, 0.29) is 5.91 Å². The van der Waals surface area contributed by atoms with Crippen LogP contribution in [0.3, 0.4) is 0 Å². The van der Waals surface area contributed by atoms with Gasteiger partial charge in [0.05, 0.1) is 5.56 Å². The van der Waals surface area contributed by atoms with E-state index in [1.54, 1.807) is 6.20 Å². The third-order valence-corrected chi connectivity index (χ3v) is 3.02. The van der Waals surface area contributed by atoms with Gasteiger partial charge >= 0.3 is 0 Å². The monoisotopic (exact) mass is 243 g/mol. The summed E-state index contributed by atoms with van der Waals surface area (Å²) in [5.74, 6) is 5.89. The van der Waals surface area contributed by atoms with E-state index in [1.807, 2.05) is 18.2 Å². The van der Waals surface area contributed by atoms with Crippen LogP contribution in [-0.2, 0) is 6.42 Å². The lowest BCUT2D eigenvalue weighted by molar-refractivity contribution is 0.0946. The summed E-state index contributed by atoms with van der Waals surface area (Å²) in [6, 6.07) is 5.56. The molecule has 92 valence electrons. The largest absolute Gasteiger partial charge is 0.358 e. The van der Waals surface area contributed by atoms with Gasteiger partial charge < -0.3 is 15.7 Å². The standard InChI is InChI=1S/C12H13N5O/c13-17-11-5-7(1-3-14-11)10-6-8-9(16-10)2-4-15-12(8)18/h1,3,5-6,16H,2,4,13H2,(H,14,17)(H,15,18). The molecule has 3 heterocycles. The van der Waals surface area contributed by atoms with Crippen molar-refractivity contribution in [2.75, 3.05) is 12.0 Å². The molecule has 0 aliphatic carbocycles. The molecule has 0 bridgehead atoms. The summed E-state index contributed by atoms with van der Waals surface area (Å²) < 4.78 is 0. The van der Waals surface area contributed by atoms with Gasteiger partial charge in [-0.3, -0.25) is 4.79 Å². The molecule has 1 aliphatic rings. The molecule has 0 radical (unpaired) electrons. The minimum Gasteiger partial charge on any atom is -0.358 e. The van der Waals surface area contributed by atoms with Gasteiger partial charge in [0.25, 0.3) is 5.91 Å². The number of carbonyl (C=O) groups is 1. The second-order valence-corrected chi connectivity index (χ2v) is 4.16. The molecule has 18 heavy (non-hydrogen) atoms. The lowest BCUT2D eigenvalue weighted by atomic mass is 10.1. The predicted molar refractivity (Wildman–Crippen MR) is 67.9 cm³/mol. The SMILES string of the molecule is NNc1cc(-c2cc3c([nH]2)CCNC3=O)ccn1. The van der Waals surface area contributed by atoms with Crippen LogP contribution in [0.2, 0.25) is 0 Å². The second-order valence-electron chi connectivity index (χ2n) is 4.16. The molecule has 0 aromatic carbocycles. The Kier molecular flexibility index (Phi) is 2.49. The van der Waals surface area contributed by atoms with Crippen LogP contribution in [0.4, 0.5) is 5.82 Å². The van der Waals surface area contributed by atoms with E-state index in [1.165, 1.54) is 0 Å². The summed E-state index contributed by atoms with van der Waals surface area (Å²) in [7, 11) is 0. The number of nitrogens with two attached hydrogens (primary N) is 1. The van der Waals surface area contributed by atoms with Gasteiger partial charge in [-0.05, 0) is 18.2 Å². The Morgan fingerprint density at radius 1 is 1.39 bits per heavy atom. The van der Waals surface area contributed by atoms with Crippen LogP contribution in [0, 0.1) is 0 Å². The number of hydrazine groups is 1. The van der Waals surface area contributed by atoms with E-state index in [0.717, 1.165) is 28.9 Å². The molecule has 0 spiro atoms. The average Bonchev–Trinajstić information content (AvgIpc) is 2.84. The van der Waals surface area contributed by atoms with Gasteiger partial charge in [0.1, 0.15) is 5.82 Å². The van der Waals surface area contributed by atoms with Crippen molar-refractivity contribution < 1.29 is 4.79 Å². The highest BCUT2D eigenvalue weighted by molar-refractivity contribution is 5.97. The van der Waals surface area contributed by atoms with Crippen molar-refractivity contribution in [3.8, 4) is 11.3 Å². The number of amides is 1. The molecule has 0 saturated heterocycles. The molecule has 2 aromatic rings. The van der Waals surface area contributed by atoms with Crippen LogP contribution in [0.5, 0.6) is 0 Å². The van der Waals surface area contributed by atoms with Crippen LogP contribution in [-0.4, -0.2) is 22.4 Å². The number of nitrogen functional groups attached to an aromatic ring is 1. The number of aromatic nitrogens is 2. The minimum absolute atomic E-state index is 0.0232. The number of rotatable bonds is 2. The Bertz CT molecular complexity index is 604. The van der Waals surface area contributed by atoms with Crippen LogP contribution in [0.25, 0.3) is 11.3 Å². The molecular formula is C12H13N5O. The number of nitrogens with one attached hydrogen (secondary N) is 3. The second kappa shape index (κ2) is 4.15. The van der Waals surface area contributed by atoms with Gasteiger partial charge in [0, 0.05) is 36.1 Å². The molecule has 1 aliphatic heterocycles. The van der Waals surface area contributed by atoms with Crippen LogP contribution in [0.1, 0.15) is 16.1 Å². The number of fused-ring (bicyclic) bond motifs is 1. The summed E-state index contributed by atoms with van der Waals surface area (Å²) in [5.41, 5.74) is 6.04. The fourth-order valence-electron chi connectivity index (χ4n) is 2.13. The lowest BCUT2D eigenvalue weighted by Gasteiger charge is -2.10. The zero-order valence-corrected chi connectivity index (χ0v) is 9.66. The number of hydrogen-bond donors (Lipinski definition) is 4. The van der Waals surface area contributed by atoms with E-state index < -0.39 is 0 Å². The van der Waals surface area contributed by atoms with Gasteiger partial charge in [-0.15, -0.1) is 0 Å². The number of H-pyrrole nitrogens is 1. The third kappa shape index (κ3) is 1.72. The summed E-state index contributed by atoms with van der Waals surface area (Å²) in [4.78, 5) is 19.0. The first-order valence-electron chi connectivity index (χ1n) is 5.71. The van der Waals surface area contributed by atoms with E-state index >= 15 is 0 Å². The highest BCUT2D eigenvalue weighted by Crippen LogP contribution is 2.24. The Labute approximate surface area is 104 Å². The predicted octanol–water partition coefficient (Wildman–Crippen LogP) is 0.648. The molecule has 0 fully saturated rings. The Balaban J connectivity index is 2.04. The normalized spacial score (nSPS) is 13.9. The van der Waals surface area contributed by atoms with Crippen LogP contribution < -0.4 is 16.6 Å². The Morgan fingerprint density at radius 3 is 3.06 bits per heavy atom. The van der Waals surface area contributed by atoms with Gasteiger partial charge in [0.15, 0.2) is 0 Å². The van der Waals surface area contributed by atoms with Crippen molar-refractivity contribution in [1.29, 1.82) is 0 Å². The van der Waals surface area contributed by atoms with E-state index in [0.29, 0.717) is 12.4 Å². The van der Waals surface area contributed by atoms with Crippen LogP contribution in [0.15, 0.2) is 24.4 Å². The summed E-state index contributed by atoms with van der Waals surface area (Å²) >= 11 is 0. The first-order valence-corrected chi connectivity index (χ1v) is 5.71. The summed E-state index contributed by atoms with van der Waals surface area (Å²) in [5, 5.41) is 2.82. The van der Waals surface area contributed by atoms with Crippen molar-refractivity contribution in [3.05, 3.63) is 35.7 Å². The fraction of sp³-hybridized carbons (Fsp3) is 0.167. The number of aromatic amines is 1. The van der Waals surface area contributed by atoms with E-state index in [9.17, 15) is 4.79 Å². The van der Waals surface area contributed by atoms with Crippen molar-refractivity contribution in [1.82, 2.24) is 15.3 Å². The number of anilines is 1. The zero-order chi connectivity index (χ0) is 12.5. The first kappa shape index (κ1) is 10.8. The summed E-state index contributed by atoms with van der Waals surface area (Å²) in [6.07, 6.45) is 2.50. The molecule has 6 heteroatoms. The number of nitrogens with zero attached hydrogens (tertiary/aromatic N) is 1. The van der Waals surface area contributed by atoms with Crippen molar-refractivity contribution in [2.45, 2.75) is 6.42 Å². The maximum absolute atomic E-state index is 11.7. The average molecular weight is 243 g/mol. The molecular weight excluding hydrogens is 230 g/mol. The van der Waals surface area contributed by atoms with Gasteiger partial charge in [-0.1, -0.05) is 0 Å². The smallest absolute Gasteiger partial charge is 0.253 e. The van der Waals surface area contributed by atoms with E-state index in [4.69, 9.17) is 5.84 Å². The maximum atomic E-state index is 11.7. The zero-order valence-electron chi connectivity index (χ0n) is 9.66. The molecule has 0 saturated carbocycles. The Hall–Kier alpha value is -2.34. The number of hydrogen-bond acceptors (Lipinski definition) is 4. The van der Waals surface area contributed by atoms with E-state index in [2.05, 4.69) is 20.7 Å². The quantitative estimate of drug-likeness (QED) is 0.460. The minimum atomic E-state index is -0.0232. The molecule has 0 unspecified atom stereocenters. The van der Waals surface area contributed by atoms with Gasteiger partial charge in [-0.2, -0.15) is 0 Å².